The lowest BCUT2D eigenvalue weighted by Crippen LogP contribution is -2.57. The Kier molecular flexibility index (Phi) is 3.57. The summed E-state index contributed by atoms with van der Waals surface area (Å²) in [5.41, 5.74) is 2.91. The third-order valence-electron chi connectivity index (χ3n) is 3.38. The molecule has 1 aromatic rings. The molecular weight excluding hydrogens is 244 g/mol. The quantitative estimate of drug-likeness (QED) is 0.865. The number of hydrogen-bond donors (Lipinski definition) is 1. The Balaban J connectivity index is 2.32. The van der Waals surface area contributed by atoms with Gasteiger partial charge >= 0.3 is 5.97 Å². The van der Waals surface area contributed by atoms with E-state index in [0.717, 1.165) is 16.8 Å². The second-order valence-corrected chi connectivity index (χ2v) is 5.12. The standard InChI is InChI=1S/C14H18N2O3/c1-9-4-10(2)6-11(5-9)16-7-12(14(18)19)15(3)8-13(16)17/h4-6,12H,7-8H2,1-3H3,(H,18,19). The van der Waals surface area contributed by atoms with E-state index < -0.39 is 12.0 Å². The van der Waals surface area contributed by atoms with Crippen molar-refractivity contribution in [1.29, 1.82) is 0 Å². The summed E-state index contributed by atoms with van der Waals surface area (Å²) in [6, 6.07) is 5.20. The lowest BCUT2D eigenvalue weighted by molar-refractivity contribution is -0.144. The van der Waals surface area contributed by atoms with Crippen molar-refractivity contribution >= 4 is 17.6 Å². The molecule has 1 heterocycles. The molecule has 1 fully saturated rings. The maximum absolute atomic E-state index is 12.1. The molecule has 5 nitrogen and oxygen atoms in total. The van der Waals surface area contributed by atoms with Crippen LogP contribution in [0.2, 0.25) is 0 Å². The summed E-state index contributed by atoms with van der Waals surface area (Å²) < 4.78 is 0. The van der Waals surface area contributed by atoms with E-state index in [-0.39, 0.29) is 19.0 Å². The first-order valence-corrected chi connectivity index (χ1v) is 6.20. The predicted octanol–water partition coefficient (Wildman–Crippen LogP) is 1.04. The number of carboxylic acids is 1. The van der Waals surface area contributed by atoms with Gasteiger partial charge in [0, 0.05) is 5.69 Å². The normalized spacial score (nSPS) is 20.7. The second kappa shape index (κ2) is 5.01. The van der Waals surface area contributed by atoms with Gasteiger partial charge in [-0.15, -0.1) is 0 Å². The largest absolute Gasteiger partial charge is 0.480 e. The van der Waals surface area contributed by atoms with Crippen molar-refractivity contribution in [2.45, 2.75) is 19.9 Å². The zero-order valence-electron chi connectivity index (χ0n) is 11.4. The molecule has 1 aromatic carbocycles. The summed E-state index contributed by atoms with van der Waals surface area (Å²) in [4.78, 5) is 26.4. The molecule has 5 heteroatoms. The van der Waals surface area contributed by atoms with Gasteiger partial charge in [-0.1, -0.05) is 6.07 Å². The number of amides is 1. The molecule has 1 atom stereocenters. The van der Waals surface area contributed by atoms with Gasteiger partial charge in [-0.25, -0.2) is 0 Å². The van der Waals surface area contributed by atoms with Crippen LogP contribution in [0.1, 0.15) is 11.1 Å². The number of anilines is 1. The summed E-state index contributed by atoms with van der Waals surface area (Å²) in [7, 11) is 1.66. The van der Waals surface area contributed by atoms with Crippen LogP contribution in [-0.2, 0) is 9.59 Å². The lowest BCUT2D eigenvalue weighted by Gasteiger charge is -2.37. The minimum atomic E-state index is -0.899. The number of piperazine rings is 1. The number of nitrogens with zero attached hydrogens (tertiary/aromatic N) is 2. The molecule has 1 aliphatic heterocycles. The second-order valence-electron chi connectivity index (χ2n) is 5.12. The molecule has 0 aromatic heterocycles. The highest BCUT2D eigenvalue weighted by atomic mass is 16.4. The Labute approximate surface area is 112 Å². The number of aliphatic carboxylic acids is 1. The summed E-state index contributed by atoms with van der Waals surface area (Å²) in [6.07, 6.45) is 0. The average molecular weight is 262 g/mol. The molecule has 1 aliphatic rings. The molecule has 1 amide bonds. The van der Waals surface area contributed by atoms with E-state index >= 15 is 0 Å². The van der Waals surface area contributed by atoms with E-state index in [1.165, 1.54) is 0 Å². The maximum Gasteiger partial charge on any atom is 0.322 e. The Hall–Kier alpha value is -1.88. The van der Waals surface area contributed by atoms with Gasteiger partial charge in [0.15, 0.2) is 0 Å². The number of benzene rings is 1. The number of likely N-dealkylation sites (N-methyl/N-ethyl adjacent to an activating group) is 1. The third kappa shape index (κ3) is 2.76. The first kappa shape index (κ1) is 13.5. The van der Waals surface area contributed by atoms with Crippen LogP contribution >= 0.6 is 0 Å². The van der Waals surface area contributed by atoms with E-state index in [4.69, 9.17) is 0 Å². The van der Waals surface area contributed by atoms with Gasteiger partial charge in [-0.2, -0.15) is 0 Å². The lowest BCUT2D eigenvalue weighted by atomic mass is 10.1. The number of carbonyl (C=O) groups is 2. The highest BCUT2D eigenvalue weighted by Gasteiger charge is 2.34. The van der Waals surface area contributed by atoms with Crippen LogP contribution < -0.4 is 4.90 Å². The molecular formula is C14H18N2O3. The first-order valence-electron chi connectivity index (χ1n) is 6.20. The molecule has 1 unspecified atom stereocenters. The summed E-state index contributed by atoms with van der Waals surface area (Å²) in [5.74, 6) is -0.964. The molecule has 0 bridgehead atoms. The zero-order chi connectivity index (χ0) is 14.2. The number of carboxylic acid groups (broad SMARTS) is 1. The van der Waals surface area contributed by atoms with Crippen molar-refractivity contribution in [3.8, 4) is 0 Å². The SMILES string of the molecule is Cc1cc(C)cc(N2CC(C(=O)O)N(C)CC2=O)c1. The Morgan fingerprint density at radius 2 is 1.84 bits per heavy atom. The minimum absolute atomic E-state index is 0.0648. The van der Waals surface area contributed by atoms with Gasteiger partial charge in [0.2, 0.25) is 5.91 Å². The fraction of sp³-hybridized carbons (Fsp3) is 0.429. The van der Waals surface area contributed by atoms with Crippen molar-refractivity contribution in [3.05, 3.63) is 29.3 Å². The van der Waals surface area contributed by atoms with Gasteiger partial charge in [-0.05, 0) is 44.2 Å². The van der Waals surface area contributed by atoms with Crippen LogP contribution in [0, 0.1) is 13.8 Å². The number of carbonyl (C=O) groups excluding carboxylic acids is 1. The van der Waals surface area contributed by atoms with Crippen LogP contribution in [0.3, 0.4) is 0 Å². The summed E-state index contributed by atoms with van der Waals surface area (Å²) in [5, 5.41) is 9.19. The Bertz CT molecular complexity index is 507. The fourth-order valence-electron chi connectivity index (χ4n) is 2.45. The average Bonchev–Trinajstić information content (AvgIpc) is 2.26. The van der Waals surface area contributed by atoms with Crippen LogP contribution in [-0.4, -0.2) is 48.1 Å². The van der Waals surface area contributed by atoms with Crippen molar-refractivity contribution in [2.24, 2.45) is 0 Å². The van der Waals surface area contributed by atoms with Gasteiger partial charge in [0.1, 0.15) is 6.04 Å². The van der Waals surface area contributed by atoms with Crippen LogP contribution in [0.25, 0.3) is 0 Å². The van der Waals surface area contributed by atoms with E-state index in [2.05, 4.69) is 0 Å². The molecule has 0 aliphatic carbocycles. The van der Waals surface area contributed by atoms with Gasteiger partial charge in [0.25, 0.3) is 0 Å². The van der Waals surface area contributed by atoms with E-state index in [9.17, 15) is 14.7 Å². The first-order chi connectivity index (χ1) is 8.88. The van der Waals surface area contributed by atoms with Gasteiger partial charge in [-0.3, -0.25) is 14.5 Å². The maximum atomic E-state index is 12.1. The smallest absolute Gasteiger partial charge is 0.322 e. The third-order valence-corrected chi connectivity index (χ3v) is 3.38. The molecule has 0 saturated carbocycles. The summed E-state index contributed by atoms with van der Waals surface area (Å²) in [6.45, 7) is 4.25. The van der Waals surface area contributed by atoms with Crippen molar-refractivity contribution in [3.63, 3.8) is 0 Å². The Morgan fingerprint density at radius 1 is 1.26 bits per heavy atom. The number of rotatable bonds is 2. The molecule has 1 saturated heterocycles. The molecule has 102 valence electrons. The highest BCUT2D eigenvalue weighted by Crippen LogP contribution is 2.22. The molecule has 0 radical (unpaired) electrons. The topological polar surface area (TPSA) is 60.9 Å². The zero-order valence-corrected chi connectivity index (χ0v) is 11.4. The van der Waals surface area contributed by atoms with Crippen LogP contribution in [0.15, 0.2) is 18.2 Å². The van der Waals surface area contributed by atoms with Crippen LogP contribution in [0.5, 0.6) is 0 Å². The predicted molar refractivity (Wildman–Crippen MR) is 72.3 cm³/mol. The number of aryl methyl sites for hydroxylation is 2. The van der Waals surface area contributed by atoms with Crippen molar-refractivity contribution in [1.82, 2.24) is 4.90 Å². The fourth-order valence-corrected chi connectivity index (χ4v) is 2.45. The van der Waals surface area contributed by atoms with Crippen LogP contribution in [0.4, 0.5) is 5.69 Å². The van der Waals surface area contributed by atoms with Gasteiger partial charge < -0.3 is 10.0 Å². The van der Waals surface area contributed by atoms with Gasteiger partial charge in [0.05, 0.1) is 13.1 Å². The van der Waals surface area contributed by atoms with E-state index in [0.29, 0.717) is 0 Å². The minimum Gasteiger partial charge on any atom is -0.480 e. The summed E-state index contributed by atoms with van der Waals surface area (Å²) >= 11 is 0. The molecule has 2 rings (SSSR count). The molecule has 1 N–H and O–H groups in total. The molecule has 19 heavy (non-hydrogen) atoms. The van der Waals surface area contributed by atoms with Crippen molar-refractivity contribution < 1.29 is 14.7 Å². The molecule has 0 spiro atoms. The van der Waals surface area contributed by atoms with E-state index in [1.807, 2.05) is 32.0 Å². The Morgan fingerprint density at radius 3 is 2.37 bits per heavy atom. The highest BCUT2D eigenvalue weighted by molar-refractivity contribution is 5.97. The van der Waals surface area contributed by atoms with Crippen molar-refractivity contribution in [2.75, 3.05) is 25.0 Å². The van der Waals surface area contributed by atoms with E-state index in [1.54, 1.807) is 16.8 Å². The monoisotopic (exact) mass is 262 g/mol. The number of hydrogen-bond acceptors (Lipinski definition) is 3.